The molecule has 7 heteroatoms. The van der Waals surface area contributed by atoms with Crippen molar-refractivity contribution in [2.75, 3.05) is 32.8 Å². The molecule has 0 unspecified atom stereocenters. The van der Waals surface area contributed by atoms with Gasteiger partial charge in [-0.05, 0) is 13.0 Å². The van der Waals surface area contributed by atoms with Crippen molar-refractivity contribution in [2.45, 2.75) is 38.1 Å². The van der Waals surface area contributed by atoms with Crippen molar-refractivity contribution in [2.24, 2.45) is 0 Å². The van der Waals surface area contributed by atoms with Gasteiger partial charge in [-0.3, -0.25) is 4.79 Å². The van der Waals surface area contributed by atoms with E-state index in [4.69, 9.17) is 4.74 Å². The largest absolute Gasteiger partial charge is 0.397 e. The van der Waals surface area contributed by atoms with Crippen molar-refractivity contribution in [3.63, 3.8) is 0 Å². The Kier molecular flexibility index (Phi) is 4.35. The second kappa shape index (κ2) is 5.66. The van der Waals surface area contributed by atoms with Crippen molar-refractivity contribution >= 4 is 5.91 Å². The molecule has 2 heterocycles. The van der Waals surface area contributed by atoms with Crippen LogP contribution >= 0.6 is 0 Å². The molecule has 0 aliphatic carbocycles. The van der Waals surface area contributed by atoms with Crippen molar-refractivity contribution in [1.82, 2.24) is 9.80 Å². The van der Waals surface area contributed by atoms with Crippen LogP contribution in [-0.4, -0.2) is 66.8 Å². The fourth-order valence-corrected chi connectivity index (χ4v) is 2.83. The van der Waals surface area contributed by atoms with Crippen molar-refractivity contribution in [1.29, 1.82) is 0 Å². The highest BCUT2D eigenvalue weighted by Gasteiger charge is 2.41. The van der Waals surface area contributed by atoms with Crippen LogP contribution in [0.3, 0.4) is 0 Å². The number of piperidine rings is 1. The number of morpholine rings is 1. The molecule has 0 spiro atoms. The van der Waals surface area contributed by atoms with E-state index in [9.17, 15) is 18.0 Å². The number of nitrogens with zero attached hydrogens (tertiary/aromatic N) is 2. The van der Waals surface area contributed by atoms with Gasteiger partial charge in [-0.25, -0.2) is 0 Å². The number of amides is 1. The maximum Gasteiger partial charge on any atom is 0.397 e. The van der Waals surface area contributed by atoms with E-state index in [1.165, 1.54) is 4.90 Å². The minimum absolute atomic E-state index is 0.153. The first-order chi connectivity index (χ1) is 8.90. The lowest BCUT2D eigenvalue weighted by Gasteiger charge is -2.46. The lowest BCUT2D eigenvalue weighted by atomic mass is 9.98. The maximum absolute atomic E-state index is 12.3. The van der Waals surface area contributed by atoms with Crippen LogP contribution in [0.15, 0.2) is 0 Å². The Labute approximate surface area is 110 Å². The van der Waals surface area contributed by atoms with Crippen LogP contribution < -0.4 is 0 Å². The van der Waals surface area contributed by atoms with Crippen molar-refractivity contribution in [3.05, 3.63) is 0 Å². The van der Waals surface area contributed by atoms with Crippen molar-refractivity contribution < 1.29 is 22.7 Å². The van der Waals surface area contributed by atoms with Gasteiger partial charge in [0.1, 0.15) is 6.42 Å². The van der Waals surface area contributed by atoms with Crippen LogP contribution in [0, 0.1) is 0 Å². The van der Waals surface area contributed by atoms with Gasteiger partial charge < -0.3 is 14.5 Å². The highest BCUT2D eigenvalue weighted by atomic mass is 19.4. The van der Waals surface area contributed by atoms with E-state index in [-0.39, 0.29) is 18.7 Å². The van der Waals surface area contributed by atoms with Crippen LogP contribution in [0.4, 0.5) is 13.2 Å². The van der Waals surface area contributed by atoms with Gasteiger partial charge in [-0.2, -0.15) is 13.2 Å². The van der Waals surface area contributed by atoms with E-state index >= 15 is 0 Å². The number of likely N-dealkylation sites (tertiary alicyclic amines) is 1. The van der Waals surface area contributed by atoms with Gasteiger partial charge in [0, 0.05) is 19.6 Å². The van der Waals surface area contributed by atoms with Gasteiger partial charge >= 0.3 is 6.18 Å². The van der Waals surface area contributed by atoms with Gasteiger partial charge in [0.15, 0.2) is 0 Å². The van der Waals surface area contributed by atoms with Gasteiger partial charge in [0.2, 0.25) is 5.91 Å². The van der Waals surface area contributed by atoms with E-state index in [1.807, 2.05) is 6.92 Å². The monoisotopic (exact) mass is 280 g/mol. The molecule has 2 fully saturated rings. The second-order valence-corrected chi connectivity index (χ2v) is 5.04. The van der Waals surface area contributed by atoms with E-state index in [0.29, 0.717) is 19.6 Å². The molecule has 2 atom stereocenters. The van der Waals surface area contributed by atoms with E-state index in [1.54, 1.807) is 0 Å². The van der Waals surface area contributed by atoms with Crippen molar-refractivity contribution in [3.8, 4) is 0 Å². The Morgan fingerprint density at radius 3 is 2.74 bits per heavy atom. The standard InChI is InChI=1S/C12H19F3N2O2/c1-2-16-4-3-9-10(8-16)19-6-5-17(9)11(18)7-12(13,14)15/h9-10H,2-8H2,1H3/t9-,10+/m1/s1. The molecule has 0 aromatic carbocycles. The Morgan fingerprint density at radius 1 is 1.37 bits per heavy atom. The molecular weight excluding hydrogens is 261 g/mol. The molecule has 0 aromatic heterocycles. The summed E-state index contributed by atoms with van der Waals surface area (Å²) in [5.41, 5.74) is 0. The topological polar surface area (TPSA) is 32.8 Å². The fraction of sp³-hybridized carbons (Fsp3) is 0.917. The minimum atomic E-state index is -4.44. The third-order valence-corrected chi connectivity index (χ3v) is 3.79. The lowest BCUT2D eigenvalue weighted by molar-refractivity contribution is -0.174. The zero-order valence-corrected chi connectivity index (χ0v) is 10.9. The molecule has 0 aromatic rings. The summed E-state index contributed by atoms with van der Waals surface area (Å²) in [5.74, 6) is -0.823. The van der Waals surface area contributed by atoms with Crippen LogP contribution in [0.25, 0.3) is 0 Å². The third-order valence-electron chi connectivity index (χ3n) is 3.79. The lowest BCUT2D eigenvalue weighted by Crippen LogP contribution is -2.60. The zero-order valence-electron chi connectivity index (χ0n) is 10.9. The van der Waals surface area contributed by atoms with Crippen LogP contribution in [0.1, 0.15) is 19.8 Å². The van der Waals surface area contributed by atoms with Gasteiger partial charge in [0.25, 0.3) is 0 Å². The number of carbonyl (C=O) groups is 1. The normalized spacial score (nSPS) is 29.2. The number of hydrogen-bond donors (Lipinski definition) is 0. The Bertz CT molecular complexity index is 335. The first-order valence-electron chi connectivity index (χ1n) is 6.61. The average molecular weight is 280 g/mol. The minimum Gasteiger partial charge on any atom is -0.373 e. The number of fused-ring (bicyclic) bond motifs is 1. The molecule has 4 nitrogen and oxygen atoms in total. The van der Waals surface area contributed by atoms with Crippen LogP contribution in [0.5, 0.6) is 0 Å². The Balaban J connectivity index is 2.00. The molecular formula is C12H19F3N2O2. The molecule has 1 amide bonds. The molecule has 2 aliphatic heterocycles. The first kappa shape index (κ1) is 14.6. The van der Waals surface area contributed by atoms with E-state index in [2.05, 4.69) is 4.90 Å². The highest BCUT2D eigenvalue weighted by molar-refractivity contribution is 5.77. The van der Waals surface area contributed by atoms with Gasteiger partial charge in [-0.1, -0.05) is 6.92 Å². The quantitative estimate of drug-likeness (QED) is 0.763. The van der Waals surface area contributed by atoms with Gasteiger partial charge in [0.05, 0.1) is 18.8 Å². The molecule has 2 rings (SSSR count). The first-order valence-corrected chi connectivity index (χ1v) is 6.61. The summed E-state index contributed by atoms with van der Waals surface area (Å²) >= 11 is 0. The SMILES string of the molecule is CCN1CC[C@@H]2[C@H](C1)OCCN2C(=O)CC(F)(F)F. The van der Waals surface area contributed by atoms with E-state index < -0.39 is 18.5 Å². The number of likely N-dealkylation sites (N-methyl/N-ethyl adjacent to an activating group) is 1. The molecule has 19 heavy (non-hydrogen) atoms. The summed E-state index contributed by atoms with van der Waals surface area (Å²) in [4.78, 5) is 15.3. The summed E-state index contributed by atoms with van der Waals surface area (Å²) < 4.78 is 42.6. The number of ether oxygens (including phenoxy) is 1. The van der Waals surface area contributed by atoms with Gasteiger partial charge in [-0.15, -0.1) is 0 Å². The molecule has 0 saturated carbocycles. The molecule has 0 N–H and O–H groups in total. The fourth-order valence-electron chi connectivity index (χ4n) is 2.83. The second-order valence-electron chi connectivity index (χ2n) is 5.04. The molecule has 2 aliphatic rings. The Hall–Kier alpha value is -0.820. The molecule has 0 bridgehead atoms. The Morgan fingerprint density at radius 2 is 2.11 bits per heavy atom. The summed E-state index contributed by atoms with van der Waals surface area (Å²) in [6, 6.07) is -0.202. The third kappa shape index (κ3) is 3.60. The summed E-state index contributed by atoms with van der Waals surface area (Å²) in [6.07, 6.45) is -5.27. The zero-order chi connectivity index (χ0) is 14.0. The predicted octanol–water partition coefficient (Wildman–Crippen LogP) is 1.26. The smallest absolute Gasteiger partial charge is 0.373 e. The van der Waals surface area contributed by atoms with E-state index in [0.717, 1.165) is 13.1 Å². The number of halogens is 3. The number of carbonyl (C=O) groups excluding carboxylic acids is 1. The predicted molar refractivity (Wildman–Crippen MR) is 62.6 cm³/mol. The maximum atomic E-state index is 12.3. The number of alkyl halides is 3. The van der Waals surface area contributed by atoms with Crippen LogP contribution in [0.2, 0.25) is 0 Å². The molecule has 2 saturated heterocycles. The number of rotatable bonds is 2. The summed E-state index contributed by atoms with van der Waals surface area (Å²) in [6.45, 7) is 5.01. The van der Waals surface area contributed by atoms with Crippen LogP contribution in [-0.2, 0) is 9.53 Å². The highest BCUT2D eigenvalue weighted by Crippen LogP contribution is 2.27. The molecule has 0 radical (unpaired) electrons. The average Bonchev–Trinajstić information content (AvgIpc) is 2.35. The summed E-state index contributed by atoms with van der Waals surface area (Å²) in [5, 5.41) is 0. The molecule has 110 valence electrons. The number of hydrogen-bond acceptors (Lipinski definition) is 3. The summed E-state index contributed by atoms with van der Waals surface area (Å²) in [7, 11) is 0.